The van der Waals surface area contributed by atoms with E-state index in [1.54, 1.807) is 0 Å². The average molecular weight is 264 g/mol. The maximum atomic E-state index is 5.87. The van der Waals surface area contributed by atoms with Crippen molar-refractivity contribution in [3.8, 4) is 0 Å². The molecule has 0 saturated heterocycles. The second-order valence-electron chi connectivity index (χ2n) is 4.35. The van der Waals surface area contributed by atoms with Gasteiger partial charge in [-0.05, 0) is 43.7 Å². The summed E-state index contributed by atoms with van der Waals surface area (Å²) in [4.78, 5) is 0. The number of aromatic nitrogens is 2. The van der Waals surface area contributed by atoms with Crippen LogP contribution in [-0.4, -0.2) is 16.3 Å². The number of rotatable bonds is 6. The molecule has 0 bridgehead atoms. The number of hydrogen-bond acceptors (Lipinski definition) is 2. The van der Waals surface area contributed by atoms with Gasteiger partial charge in [-0.1, -0.05) is 23.7 Å². The number of halogens is 1. The number of nitrogens with zero attached hydrogens (tertiary/aromatic N) is 2. The Morgan fingerprint density at radius 1 is 1.33 bits per heavy atom. The minimum atomic E-state index is 0.347. The van der Waals surface area contributed by atoms with E-state index in [1.165, 1.54) is 5.56 Å². The SMILES string of the molecule is CC(NCCCn1cccn1)c1ccc(Cl)cc1. The Labute approximate surface area is 113 Å². The fourth-order valence-electron chi connectivity index (χ4n) is 1.86. The van der Waals surface area contributed by atoms with E-state index in [9.17, 15) is 0 Å². The molecule has 18 heavy (non-hydrogen) atoms. The minimum absolute atomic E-state index is 0.347. The molecule has 0 amide bonds. The fourth-order valence-corrected chi connectivity index (χ4v) is 1.99. The molecule has 1 heterocycles. The number of nitrogens with one attached hydrogen (secondary N) is 1. The lowest BCUT2D eigenvalue weighted by molar-refractivity contribution is 0.507. The summed E-state index contributed by atoms with van der Waals surface area (Å²) in [5.41, 5.74) is 1.26. The molecular weight excluding hydrogens is 246 g/mol. The number of benzene rings is 1. The van der Waals surface area contributed by atoms with Crippen molar-refractivity contribution in [2.75, 3.05) is 6.54 Å². The zero-order valence-electron chi connectivity index (χ0n) is 10.5. The van der Waals surface area contributed by atoms with Gasteiger partial charge in [0.25, 0.3) is 0 Å². The van der Waals surface area contributed by atoms with Crippen molar-refractivity contribution in [1.29, 1.82) is 0 Å². The molecule has 0 radical (unpaired) electrons. The monoisotopic (exact) mass is 263 g/mol. The van der Waals surface area contributed by atoms with E-state index in [1.807, 2.05) is 35.3 Å². The Kier molecular flexibility index (Phi) is 4.79. The van der Waals surface area contributed by atoms with Crippen molar-refractivity contribution in [3.63, 3.8) is 0 Å². The van der Waals surface area contributed by atoms with Crippen LogP contribution >= 0.6 is 11.6 Å². The summed E-state index contributed by atoms with van der Waals surface area (Å²) in [6.07, 6.45) is 4.87. The Bertz CT molecular complexity index is 450. The molecule has 1 aromatic heterocycles. The average Bonchev–Trinajstić information content (AvgIpc) is 2.88. The third-order valence-electron chi connectivity index (χ3n) is 2.94. The summed E-state index contributed by atoms with van der Waals surface area (Å²) in [6.45, 7) is 4.09. The largest absolute Gasteiger partial charge is 0.310 e. The molecule has 4 heteroatoms. The van der Waals surface area contributed by atoms with Gasteiger partial charge < -0.3 is 5.32 Å². The van der Waals surface area contributed by atoms with Gasteiger partial charge >= 0.3 is 0 Å². The van der Waals surface area contributed by atoms with E-state index in [4.69, 9.17) is 11.6 Å². The van der Waals surface area contributed by atoms with E-state index in [2.05, 4.69) is 29.5 Å². The highest BCUT2D eigenvalue weighted by Crippen LogP contribution is 2.15. The number of hydrogen-bond donors (Lipinski definition) is 1. The Morgan fingerprint density at radius 2 is 2.11 bits per heavy atom. The summed E-state index contributed by atoms with van der Waals surface area (Å²) in [7, 11) is 0. The van der Waals surface area contributed by atoms with Crippen molar-refractivity contribution in [2.45, 2.75) is 25.9 Å². The Morgan fingerprint density at radius 3 is 2.78 bits per heavy atom. The Balaban J connectivity index is 1.71. The third kappa shape index (κ3) is 3.86. The second-order valence-corrected chi connectivity index (χ2v) is 4.79. The molecule has 0 aliphatic heterocycles. The molecule has 0 fully saturated rings. The maximum absolute atomic E-state index is 5.87. The van der Waals surface area contributed by atoms with Gasteiger partial charge in [-0.2, -0.15) is 5.10 Å². The van der Waals surface area contributed by atoms with Crippen LogP contribution in [0.15, 0.2) is 42.7 Å². The molecular formula is C14H18ClN3. The fraction of sp³-hybridized carbons (Fsp3) is 0.357. The lowest BCUT2D eigenvalue weighted by atomic mass is 10.1. The van der Waals surface area contributed by atoms with E-state index in [0.29, 0.717) is 6.04 Å². The normalized spacial score (nSPS) is 12.6. The molecule has 3 nitrogen and oxygen atoms in total. The van der Waals surface area contributed by atoms with Crippen LogP contribution in [0.5, 0.6) is 0 Å². The highest BCUT2D eigenvalue weighted by molar-refractivity contribution is 6.30. The van der Waals surface area contributed by atoms with Gasteiger partial charge in [-0.15, -0.1) is 0 Å². The highest BCUT2D eigenvalue weighted by Gasteiger charge is 2.03. The van der Waals surface area contributed by atoms with Gasteiger partial charge in [0.05, 0.1) is 0 Å². The van der Waals surface area contributed by atoms with Crippen LogP contribution in [0.25, 0.3) is 0 Å². The molecule has 1 unspecified atom stereocenters. The lowest BCUT2D eigenvalue weighted by Gasteiger charge is -2.14. The second kappa shape index (κ2) is 6.57. The van der Waals surface area contributed by atoms with Crippen LogP contribution in [0.2, 0.25) is 5.02 Å². The van der Waals surface area contributed by atoms with Gasteiger partial charge in [0.1, 0.15) is 0 Å². The zero-order valence-corrected chi connectivity index (χ0v) is 11.3. The summed E-state index contributed by atoms with van der Waals surface area (Å²) >= 11 is 5.87. The summed E-state index contributed by atoms with van der Waals surface area (Å²) in [5.74, 6) is 0. The van der Waals surface area contributed by atoms with E-state index < -0.39 is 0 Å². The quantitative estimate of drug-likeness (QED) is 0.811. The summed E-state index contributed by atoms with van der Waals surface area (Å²) < 4.78 is 1.95. The molecule has 1 aromatic carbocycles. The molecule has 0 aliphatic rings. The van der Waals surface area contributed by atoms with Gasteiger partial charge in [-0.25, -0.2) is 0 Å². The lowest BCUT2D eigenvalue weighted by Crippen LogP contribution is -2.21. The smallest absolute Gasteiger partial charge is 0.0489 e. The standard InChI is InChI=1S/C14H18ClN3/c1-12(13-4-6-14(15)7-5-13)16-8-2-10-18-11-3-9-17-18/h3-7,9,11-12,16H,2,8,10H2,1H3. The van der Waals surface area contributed by atoms with Crippen molar-refractivity contribution < 1.29 is 0 Å². The predicted octanol–water partition coefficient (Wildman–Crippen LogP) is 3.28. The predicted molar refractivity (Wildman–Crippen MR) is 74.7 cm³/mol. The first-order valence-corrected chi connectivity index (χ1v) is 6.60. The Hall–Kier alpha value is -1.32. The molecule has 2 rings (SSSR count). The maximum Gasteiger partial charge on any atom is 0.0489 e. The highest BCUT2D eigenvalue weighted by atomic mass is 35.5. The van der Waals surface area contributed by atoms with Crippen molar-refractivity contribution in [2.24, 2.45) is 0 Å². The van der Waals surface area contributed by atoms with E-state index in [0.717, 1.165) is 24.5 Å². The van der Waals surface area contributed by atoms with Crippen molar-refractivity contribution >= 4 is 11.6 Å². The third-order valence-corrected chi connectivity index (χ3v) is 3.20. The van der Waals surface area contributed by atoms with Crippen molar-refractivity contribution in [1.82, 2.24) is 15.1 Å². The van der Waals surface area contributed by atoms with Crippen LogP contribution in [0.4, 0.5) is 0 Å². The van der Waals surface area contributed by atoms with Crippen LogP contribution < -0.4 is 5.32 Å². The minimum Gasteiger partial charge on any atom is -0.310 e. The molecule has 0 spiro atoms. The first-order chi connectivity index (χ1) is 8.75. The van der Waals surface area contributed by atoms with Crippen LogP contribution in [0, 0.1) is 0 Å². The molecule has 96 valence electrons. The zero-order chi connectivity index (χ0) is 12.8. The van der Waals surface area contributed by atoms with Crippen molar-refractivity contribution in [3.05, 3.63) is 53.3 Å². The first-order valence-electron chi connectivity index (χ1n) is 6.22. The summed E-state index contributed by atoms with van der Waals surface area (Å²) in [6, 6.07) is 10.3. The number of aryl methyl sites for hydroxylation is 1. The summed E-state index contributed by atoms with van der Waals surface area (Å²) in [5, 5.41) is 8.45. The van der Waals surface area contributed by atoms with Gasteiger partial charge in [0, 0.05) is 30.0 Å². The molecule has 2 aromatic rings. The van der Waals surface area contributed by atoms with Gasteiger partial charge in [0.15, 0.2) is 0 Å². The van der Waals surface area contributed by atoms with Gasteiger partial charge in [0.2, 0.25) is 0 Å². The topological polar surface area (TPSA) is 29.9 Å². The van der Waals surface area contributed by atoms with E-state index in [-0.39, 0.29) is 0 Å². The molecule has 1 atom stereocenters. The first kappa shape index (κ1) is 13.1. The van der Waals surface area contributed by atoms with Crippen LogP contribution in [-0.2, 0) is 6.54 Å². The van der Waals surface area contributed by atoms with Gasteiger partial charge in [-0.3, -0.25) is 4.68 Å². The molecule has 1 N–H and O–H groups in total. The van der Waals surface area contributed by atoms with Crippen LogP contribution in [0.1, 0.15) is 24.9 Å². The van der Waals surface area contributed by atoms with E-state index >= 15 is 0 Å². The molecule has 0 aliphatic carbocycles. The molecule has 0 saturated carbocycles. The van der Waals surface area contributed by atoms with Crippen LogP contribution in [0.3, 0.4) is 0 Å².